The summed E-state index contributed by atoms with van der Waals surface area (Å²) in [4.78, 5) is 8.89. The Morgan fingerprint density at radius 2 is 2.00 bits per heavy atom. The lowest BCUT2D eigenvalue weighted by Gasteiger charge is -2.14. The number of rotatable bonds is 1. The van der Waals surface area contributed by atoms with E-state index in [9.17, 15) is 0 Å². The maximum absolute atomic E-state index is 4.55. The average Bonchev–Trinajstić information content (AvgIpc) is 2.78. The molecule has 0 radical (unpaired) electrons. The number of imidazole rings is 1. The smallest absolute Gasteiger partial charge is 0.158 e. The van der Waals surface area contributed by atoms with Crippen LogP contribution in [0.1, 0.15) is 11.4 Å². The molecule has 2 aromatic rings. The van der Waals surface area contributed by atoms with Gasteiger partial charge in [-0.25, -0.2) is 4.98 Å². The molecular formula is C12H11N3. The third-order valence-corrected chi connectivity index (χ3v) is 2.59. The summed E-state index contributed by atoms with van der Waals surface area (Å²) in [6, 6.07) is 10.2. The molecule has 0 spiro atoms. The fourth-order valence-corrected chi connectivity index (χ4v) is 1.86. The van der Waals surface area contributed by atoms with Gasteiger partial charge in [-0.15, -0.1) is 0 Å². The Labute approximate surface area is 88.1 Å². The summed E-state index contributed by atoms with van der Waals surface area (Å²) < 4.78 is 2.15. The zero-order valence-corrected chi connectivity index (χ0v) is 8.30. The van der Waals surface area contributed by atoms with Crippen LogP contribution in [0.4, 0.5) is 0 Å². The van der Waals surface area contributed by atoms with Crippen molar-refractivity contribution in [2.45, 2.75) is 6.54 Å². The first kappa shape index (κ1) is 8.41. The van der Waals surface area contributed by atoms with Gasteiger partial charge in [-0.05, 0) is 0 Å². The molecule has 0 N–H and O–H groups in total. The zero-order valence-electron chi connectivity index (χ0n) is 8.30. The van der Waals surface area contributed by atoms with Crippen molar-refractivity contribution >= 4 is 5.71 Å². The number of aliphatic imine (C=N–C) groups is 1. The molecule has 3 heteroatoms. The molecule has 0 atom stereocenters. The average molecular weight is 197 g/mol. The van der Waals surface area contributed by atoms with E-state index in [4.69, 9.17) is 0 Å². The van der Waals surface area contributed by atoms with Crippen molar-refractivity contribution in [2.24, 2.45) is 4.99 Å². The molecule has 0 amide bonds. The van der Waals surface area contributed by atoms with Gasteiger partial charge >= 0.3 is 0 Å². The van der Waals surface area contributed by atoms with Gasteiger partial charge < -0.3 is 4.57 Å². The van der Waals surface area contributed by atoms with Crippen molar-refractivity contribution in [3.63, 3.8) is 0 Å². The highest BCUT2D eigenvalue weighted by atomic mass is 15.1. The Hall–Kier alpha value is -1.90. The lowest BCUT2D eigenvalue weighted by molar-refractivity contribution is 0.683. The SMILES string of the molecule is c1ccc(C2=NCCn3ccnc32)cc1. The van der Waals surface area contributed by atoms with E-state index in [1.807, 2.05) is 30.6 Å². The molecule has 0 aliphatic carbocycles. The van der Waals surface area contributed by atoms with Gasteiger partial charge in [0.05, 0.1) is 6.54 Å². The van der Waals surface area contributed by atoms with Crippen LogP contribution >= 0.6 is 0 Å². The monoisotopic (exact) mass is 197 g/mol. The standard InChI is InChI=1S/C12H11N3/c1-2-4-10(5-3-1)11-12-14-7-9-15(12)8-6-13-11/h1-5,7,9H,6,8H2. The van der Waals surface area contributed by atoms with Gasteiger partial charge in [-0.2, -0.15) is 0 Å². The third-order valence-electron chi connectivity index (χ3n) is 2.59. The highest BCUT2D eigenvalue weighted by molar-refractivity contribution is 6.11. The summed E-state index contributed by atoms with van der Waals surface area (Å²) in [6.45, 7) is 1.78. The Kier molecular flexibility index (Phi) is 1.88. The zero-order chi connectivity index (χ0) is 10.1. The first-order valence-corrected chi connectivity index (χ1v) is 5.06. The van der Waals surface area contributed by atoms with Gasteiger partial charge in [0.25, 0.3) is 0 Å². The maximum atomic E-state index is 4.55. The summed E-state index contributed by atoms with van der Waals surface area (Å²) in [7, 11) is 0. The Balaban J connectivity index is 2.12. The van der Waals surface area contributed by atoms with Crippen LogP contribution in [0.15, 0.2) is 47.7 Å². The Bertz CT molecular complexity index is 497. The van der Waals surface area contributed by atoms with Gasteiger partial charge in [-0.1, -0.05) is 30.3 Å². The van der Waals surface area contributed by atoms with Crippen LogP contribution in [0.3, 0.4) is 0 Å². The van der Waals surface area contributed by atoms with E-state index in [1.54, 1.807) is 0 Å². The van der Waals surface area contributed by atoms with Crippen molar-refractivity contribution in [1.82, 2.24) is 9.55 Å². The summed E-state index contributed by atoms with van der Waals surface area (Å²) in [5.41, 5.74) is 2.15. The third kappa shape index (κ3) is 1.36. The number of aromatic nitrogens is 2. The molecule has 74 valence electrons. The summed E-state index contributed by atoms with van der Waals surface area (Å²) >= 11 is 0. The predicted octanol–water partition coefficient (Wildman–Crippen LogP) is 1.73. The van der Waals surface area contributed by atoms with Crippen LogP contribution < -0.4 is 0 Å². The number of hydrogen-bond donors (Lipinski definition) is 0. The summed E-state index contributed by atoms with van der Waals surface area (Å²) in [5, 5.41) is 0. The second-order valence-electron chi connectivity index (χ2n) is 3.54. The van der Waals surface area contributed by atoms with Crippen LogP contribution in [-0.4, -0.2) is 21.8 Å². The quantitative estimate of drug-likeness (QED) is 0.684. The van der Waals surface area contributed by atoms with Crippen LogP contribution in [-0.2, 0) is 6.54 Å². The maximum Gasteiger partial charge on any atom is 0.158 e. The lowest BCUT2D eigenvalue weighted by atomic mass is 10.1. The van der Waals surface area contributed by atoms with E-state index in [2.05, 4.69) is 26.7 Å². The van der Waals surface area contributed by atoms with E-state index >= 15 is 0 Å². The minimum atomic E-state index is 0.841. The normalized spacial score (nSPS) is 14.5. The van der Waals surface area contributed by atoms with E-state index < -0.39 is 0 Å². The topological polar surface area (TPSA) is 30.2 Å². The highest BCUT2D eigenvalue weighted by Crippen LogP contribution is 2.13. The molecule has 1 aliphatic rings. The molecule has 0 unspecified atom stereocenters. The molecule has 0 bridgehead atoms. The molecule has 1 aromatic carbocycles. The number of hydrogen-bond acceptors (Lipinski definition) is 2. The molecule has 2 heterocycles. The van der Waals surface area contributed by atoms with Gasteiger partial charge in [-0.3, -0.25) is 4.99 Å². The molecule has 1 aromatic heterocycles. The van der Waals surface area contributed by atoms with Gasteiger partial charge in [0.15, 0.2) is 5.82 Å². The molecule has 0 saturated carbocycles. The van der Waals surface area contributed by atoms with Gasteiger partial charge in [0.2, 0.25) is 0 Å². The Morgan fingerprint density at radius 3 is 2.87 bits per heavy atom. The Morgan fingerprint density at radius 1 is 1.13 bits per heavy atom. The number of nitrogens with zero attached hydrogens (tertiary/aromatic N) is 3. The largest absolute Gasteiger partial charge is 0.328 e. The van der Waals surface area contributed by atoms with Crippen molar-refractivity contribution in [3.05, 3.63) is 54.1 Å². The van der Waals surface area contributed by atoms with Crippen molar-refractivity contribution in [3.8, 4) is 0 Å². The fourth-order valence-electron chi connectivity index (χ4n) is 1.86. The molecule has 15 heavy (non-hydrogen) atoms. The van der Waals surface area contributed by atoms with E-state index in [1.165, 1.54) is 0 Å². The molecular weight excluding hydrogens is 186 g/mol. The predicted molar refractivity (Wildman–Crippen MR) is 59.2 cm³/mol. The molecule has 0 saturated heterocycles. The second-order valence-corrected chi connectivity index (χ2v) is 3.54. The van der Waals surface area contributed by atoms with Crippen molar-refractivity contribution in [1.29, 1.82) is 0 Å². The molecule has 1 aliphatic heterocycles. The highest BCUT2D eigenvalue weighted by Gasteiger charge is 2.15. The number of benzene rings is 1. The second kappa shape index (κ2) is 3.35. The summed E-state index contributed by atoms with van der Waals surface area (Å²) in [6.07, 6.45) is 3.84. The van der Waals surface area contributed by atoms with E-state index in [0.717, 1.165) is 30.2 Å². The van der Waals surface area contributed by atoms with Crippen LogP contribution in [0.25, 0.3) is 0 Å². The van der Waals surface area contributed by atoms with Crippen LogP contribution in [0.5, 0.6) is 0 Å². The first-order valence-electron chi connectivity index (χ1n) is 5.06. The summed E-state index contributed by atoms with van der Waals surface area (Å²) in [5.74, 6) is 0.979. The minimum Gasteiger partial charge on any atom is -0.328 e. The lowest BCUT2D eigenvalue weighted by Crippen LogP contribution is -2.19. The van der Waals surface area contributed by atoms with E-state index in [0.29, 0.717) is 0 Å². The van der Waals surface area contributed by atoms with Gasteiger partial charge in [0, 0.05) is 24.5 Å². The van der Waals surface area contributed by atoms with Crippen molar-refractivity contribution < 1.29 is 0 Å². The molecule has 3 nitrogen and oxygen atoms in total. The van der Waals surface area contributed by atoms with Gasteiger partial charge in [0.1, 0.15) is 5.71 Å². The van der Waals surface area contributed by atoms with Crippen LogP contribution in [0.2, 0.25) is 0 Å². The first-order chi connectivity index (χ1) is 7.45. The fraction of sp³-hybridized carbons (Fsp3) is 0.167. The molecule has 0 fully saturated rings. The van der Waals surface area contributed by atoms with E-state index in [-0.39, 0.29) is 0 Å². The molecule has 3 rings (SSSR count). The van der Waals surface area contributed by atoms with Crippen LogP contribution in [0, 0.1) is 0 Å². The van der Waals surface area contributed by atoms with Crippen molar-refractivity contribution in [2.75, 3.05) is 6.54 Å². The minimum absolute atomic E-state index is 0.841. The number of fused-ring (bicyclic) bond motifs is 1.